The molecule has 0 unspecified atom stereocenters. The van der Waals surface area contributed by atoms with Crippen LogP contribution < -0.4 is 0 Å². The van der Waals surface area contributed by atoms with E-state index in [0.717, 1.165) is 61.5 Å². The normalized spacial score (nSPS) is 21.1. The van der Waals surface area contributed by atoms with Crippen LogP contribution in [0.1, 0.15) is 48.8 Å². The third-order valence-corrected chi connectivity index (χ3v) is 4.88. The highest BCUT2D eigenvalue weighted by Crippen LogP contribution is 2.36. The molecule has 0 aromatic carbocycles. The summed E-state index contributed by atoms with van der Waals surface area (Å²) in [6, 6.07) is 1.91. The van der Waals surface area contributed by atoms with E-state index in [1.54, 1.807) is 0 Å². The molecule has 2 aromatic heterocycles. The van der Waals surface area contributed by atoms with Crippen LogP contribution in [0.25, 0.3) is 11.3 Å². The number of likely N-dealkylation sites (tertiary alicyclic amines) is 1. The lowest BCUT2D eigenvalue weighted by Gasteiger charge is -2.33. The maximum atomic E-state index is 12.4. The average molecular weight is 326 g/mol. The summed E-state index contributed by atoms with van der Waals surface area (Å²) in [4.78, 5) is 23.5. The second kappa shape index (κ2) is 6.00. The van der Waals surface area contributed by atoms with Crippen LogP contribution in [0.2, 0.25) is 0 Å². The first kappa shape index (κ1) is 15.3. The number of amides is 1. The standard InChI is InChI=1S/C18H22N4O2/c1-11-8-16(24-21-11)15-9-19-12(2)20-17(15)14-4-3-7-22(10-14)18(23)13-5-6-13/h8-9,13-14H,3-7,10H2,1-2H3/t14-/m1/s1. The van der Waals surface area contributed by atoms with Gasteiger partial charge in [0.2, 0.25) is 5.91 Å². The summed E-state index contributed by atoms with van der Waals surface area (Å²) < 4.78 is 5.43. The van der Waals surface area contributed by atoms with Gasteiger partial charge in [-0.3, -0.25) is 4.79 Å². The molecule has 126 valence electrons. The minimum absolute atomic E-state index is 0.226. The number of carbonyl (C=O) groups excluding carboxylic acids is 1. The lowest BCUT2D eigenvalue weighted by molar-refractivity contribution is -0.133. The van der Waals surface area contributed by atoms with Crippen molar-refractivity contribution in [2.45, 2.75) is 45.4 Å². The molecule has 1 atom stereocenters. The minimum atomic E-state index is 0.226. The molecule has 2 aromatic rings. The Morgan fingerprint density at radius 1 is 1.29 bits per heavy atom. The maximum Gasteiger partial charge on any atom is 0.225 e. The Bertz CT molecular complexity index is 766. The number of rotatable bonds is 3. The van der Waals surface area contributed by atoms with Crippen LogP contribution in [0.15, 0.2) is 16.8 Å². The molecule has 6 nitrogen and oxygen atoms in total. The van der Waals surface area contributed by atoms with Gasteiger partial charge in [0.05, 0.1) is 17.0 Å². The van der Waals surface area contributed by atoms with Gasteiger partial charge in [0.25, 0.3) is 0 Å². The largest absolute Gasteiger partial charge is 0.356 e. The molecule has 4 rings (SSSR count). The molecule has 24 heavy (non-hydrogen) atoms. The van der Waals surface area contributed by atoms with Gasteiger partial charge in [-0.2, -0.15) is 0 Å². The highest BCUT2D eigenvalue weighted by atomic mass is 16.5. The summed E-state index contributed by atoms with van der Waals surface area (Å²) in [7, 11) is 0. The monoisotopic (exact) mass is 326 g/mol. The number of piperidine rings is 1. The summed E-state index contributed by atoms with van der Waals surface area (Å²) in [5.41, 5.74) is 2.71. The predicted molar refractivity (Wildman–Crippen MR) is 88.3 cm³/mol. The van der Waals surface area contributed by atoms with Gasteiger partial charge in [-0.25, -0.2) is 9.97 Å². The van der Waals surface area contributed by atoms with Crippen molar-refractivity contribution < 1.29 is 9.32 Å². The molecule has 2 fully saturated rings. The van der Waals surface area contributed by atoms with Crippen molar-refractivity contribution in [3.05, 3.63) is 29.5 Å². The second-order valence-electron chi connectivity index (χ2n) is 6.95. The van der Waals surface area contributed by atoms with Crippen molar-refractivity contribution in [2.24, 2.45) is 5.92 Å². The molecule has 1 saturated heterocycles. The number of aryl methyl sites for hydroxylation is 2. The first-order valence-corrected chi connectivity index (χ1v) is 8.68. The number of nitrogens with zero attached hydrogens (tertiary/aromatic N) is 4. The Balaban J connectivity index is 1.64. The van der Waals surface area contributed by atoms with Gasteiger partial charge in [0, 0.05) is 37.2 Å². The predicted octanol–water partition coefficient (Wildman–Crippen LogP) is 2.86. The van der Waals surface area contributed by atoms with Gasteiger partial charge in [-0.05, 0) is 39.5 Å². The van der Waals surface area contributed by atoms with E-state index < -0.39 is 0 Å². The van der Waals surface area contributed by atoms with E-state index in [-0.39, 0.29) is 11.8 Å². The fourth-order valence-corrected chi connectivity index (χ4v) is 3.47. The first-order chi connectivity index (χ1) is 11.6. The van der Waals surface area contributed by atoms with Crippen molar-refractivity contribution in [3.8, 4) is 11.3 Å². The van der Waals surface area contributed by atoms with Crippen molar-refractivity contribution >= 4 is 5.91 Å². The molecular weight excluding hydrogens is 304 g/mol. The van der Waals surface area contributed by atoms with E-state index in [0.29, 0.717) is 11.7 Å². The van der Waals surface area contributed by atoms with E-state index in [1.165, 1.54) is 0 Å². The summed E-state index contributed by atoms with van der Waals surface area (Å²) in [5.74, 6) is 2.27. The van der Waals surface area contributed by atoms with Crippen LogP contribution in [-0.2, 0) is 4.79 Å². The van der Waals surface area contributed by atoms with Gasteiger partial charge in [0.1, 0.15) is 5.82 Å². The molecule has 0 bridgehead atoms. The smallest absolute Gasteiger partial charge is 0.225 e. The van der Waals surface area contributed by atoms with E-state index in [4.69, 9.17) is 9.51 Å². The Kier molecular flexibility index (Phi) is 3.82. The summed E-state index contributed by atoms with van der Waals surface area (Å²) in [6.45, 7) is 5.41. The fraction of sp³-hybridized carbons (Fsp3) is 0.556. The summed E-state index contributed by atoms with van der Waals surface area (Å²) in [6.07, 6.45) is 5.97. The number of hydrogen-bond acceptors (Lipinski definition) is 5. The molecule has 0 radical (unpaired) electrons. The zero-order chi connectivity index (χ0) is 16.7. The molecule has 0 N–H and O–H groups in total. The molecule has 1 saturated carbocycles. The number of carbonyl (C=O) groups is 1. The third-order valence-electron chi connectivity index (χ3n) is 4.88. The van der Waals surface area contributed by atoms with Crippen molar-refractivity contribution in [1.82, 2.24) is 20.0 Å². The van der Waals surface area contributed by atoms with E-state index in [9.17, 15) is 4.79 Å². The van der Waals surface area contributed by atoms with E-state index in [2.05, 4.69) is 10.1 Å². The van der Waals surface area contributed by atoms with Crippen LogP contribution >= 0.6 is 0 Å². The van der Waals surface area contributed by atoms with E-state index in [1.807, 2.05) is 31.0 Å². The summed E-state index contributed by atoms with van der Waals surface area (Å²) >= 11 is 0. The molecular formula is C18H22N4O2. The Morgan fingerprint density at radius 3 is 2.83 bits per heavy atom. The zero-order valence-corrected chi connectivity index (χ0v) is 14.2. The summed E-state index contributed by atoms with van der Waals surface area (Å²) in [5, 5.41) is 3.98. The van der Waals surface area contributed by atoms with Gasteiger partial charge >= 0.3 is 0 Å². The Morgan fingerprint density at radius 2 is 2.12 bits per heavy atom. The van der Waals surface area contributed by atoms with Crippen LogP contribution in [0.3, 0.4) is 0 Å². The lowest BCUT2D eigenvalue weighted by atomic mass is 9.91. The van der Waals surface area contributed by atoms with Gasteiger partial charge in [-0.15, -0.1) is 0 Å². The molecule has 3 heterocycles. The van der Waals surface area contributed by atoms with Crippen molar-refractivity contribution in [3.63, 3.8) is 0 Å². The quantitative estimate of drug-likeness (QED) is 0.867. The molecule has 2 aliphatic rings. The SMILES string of the molecule is Cc1cc(-c2cnc(C)nc2[C@@H]2CCCN(C(=O)C3CC3)C2)on1. The van der Waals surface area contributed by atoms with Crippen molar-refractivity contribution in [2.75, 3.05) is 13.1 Å². The Labute approximate surface area is 141 Å². The second-order valence-corrected chi connectivity index (χ2v) is 6.95. The maximum absolute atomic E-state index is 12.4. The van der Waals surface area contributed by atoms with Crippen LogP contribution in [-0.4, -0.2) is 39.0 Å². The van der Waals surface area contributed by atoms with Gasteiger partial charge < -0.3 is 9.42 Å². The van der Waals surface area contributed by atoms with Crippen LogP contribution in [0.4, 0.5) is 0 Å². The van der Waals surface area contributed by atoms with Gasteiger partial charge in [0.15, 0.2) is 5.76 Å². The van der Waals surface area contributed by atoms with E-state index >= 15 is 0 Å². The van der Waals surface area contributed by atoms with Crippen LogP contribution in [0, 0.1) is 19.8 Å². The molecule has 6 heteroatoms. The zero-order valence-electron chi connectivity index (χ0n) is 14.2. The number of hydrogen-bond donors (Lipinski definition) is 0. The first-order valence-electron chi connectivity index (χ1n) is 8.68. The molecule has 0 spiro atoms. The fourth-order valence-electron chi connectivity index (χ4n) is 3.47. The molecule has 1 aliphatic carbocycles. The molecule has 1 aliphatic heterocycles. The van der Waals surface area contributed by atoms with Gasteiger partial charge in [-0.1, -0.05) is 5.16 Å². The Hall–Kier alpha value is -2.24. The third kappa shape index (κ3) is 2.92. The number of aromatic nitrogens is 3. The lowest BCUT2D eigenvalue weighted by Crippen LogP contribution is -2.40. The van der Waals surface area contributed by atoms with Crippen molar-refractivity contribution in [1.29, 1.82) is 0 Å². The minimum Gasteiger partial charge on any atom is -0.356 e. The highest BCUT2D eigenvalue weighted by molar-refractivity contribution is 5.81. The highest BCUT2D eigenvalue weighted by Gasteiger charge is 2.36. The molecule has 1 amide bonds. The average Bonchev–Trinajstić information content (AvgIpc) is 3.36. The topological polar surface area (TPSA) is 72.1 Å². The van der Waals surface area contributed by atoms with Crippen LogP contribution in [0.5, 0.6) is 0 Å².